The molecule has 1 fully saturated rings. The molecule has 2 unspecified atom stereocenters. The van der Waals surface area contributed by atoms with Gasteiger partial charge >= 0.3 is 11.9 Å². The highest BCUT2D eigenvalue weighted by Crippen LogP contribution is 2.38. The fourth-order valence-electron chi connectivity index (χ4n) is 5.60. The Morgan fingerprint density at radius 1 is 1.26 bits per heavy atom. The number of aliphatic carboxylic acids is 1. The molecule has 1 aliphatic heterocycles. The summed E-state index contributed by atoms with van der Waals surface area (Å²) >= 11 is 6.43. The highest BCUT2D eigenvalue weighted by molar-refractivity contribution is 6.36. The normalized spacial score (nSPS) is 19.2. The van der Waals surface area contributed by atoms with Gasteiger partial charge in [0.2, 0.25) is 11.8 Å². The van der Waals surface area contributed by atoms with E-state index in [1.165, 1.54) is 18.2 Å². The van der Waals surface area contributed by atoms with E-state index in [1.54, 1.807) is 39.0 Å². The zero-order valence-electron chi connectivity index (χ0n) is 25.4. The first-order chi connectivity index (χ1) is 19.7. The molecular formula is C32H43ClN2O7. The number of likely N-dealkylation sites (tertiary alicyclic amines) is 1. The van der Waals surface area contributed by atoms with Crippen molar-refractivity contribution in [3.05, 3.63) is 42.1 Å². The van der Waals surface area contributed by atoms with Crippen LogP contribution in [0.15, 0.2) is 37.1 Å². The fourth-order valence-corrected chi connectivity index (χ4v) is 5.87. The molecule has 1 aliphatic rings. The van der Waals surface area contributed by atoms with Crippen molar-refractivity contribution in [1.29, 1.82) is 0 Å². The molecule has 0 saturated carbocycles. The Balaban J connectivity index is 1.88. The highest BCUT2D eigenvalue weighted by atomic mass is 35.5. The first kappa shape index (κ1) is 33.2. The van der Waals surface area contributed by atoms with Crippen LogP contribution in [-0.4, -0.2) is 64.2 Å². The van der Waals surface area contributed by atoms with Gasteiger partial charge in [0, 0.05) is 17.2 Å². The van der Waals surface area contributed by atoms with Crippen LogP contribution in [0.1, 0.15) is 66.7 Å². The Hall–Kier alpha value is -3.33. The molecule has 0 aliphatic carbocycles. The summed E-state index contributed by atoms with van der Waals surface area (Å²) < 4.78 is 17.2. The van der Waals surface area contributed by atoms with Gasteiger partial charge in [0.1, 0.15) is 23.5 Å². The van der Waals surface area contributed by atoms with E-state index in [9.17, 15) is 19.5 Å². The minimum absolute atomic E-state index is 0.0368. The highest BCUT2D eigenvalue weighted by Gasteiger charge is 2.45. The number of allylic oxidation sites excluding steroid dienone is 1. The van der Waals surface area contributed by atoms with Crippen LogP contribution in [0, 0.1) is 17.8 Å². The van der Waals surface area contributed by atoms with Gasteiger partial charge in [-0.05, 0) is 64.0 Å². The number of halogens is 1. The molecule has 0 spiro atoms. The van der Waals surface area contributed by atoms with Crippen LogP contribution in [0.3, 0.4) is 0 Å². The van der Waals surface area contributed by atoms with Gasteiger partial charge in [-0.3, -0.25) is 9.59 Å². The van der Waals surface area contributed by atoms with Crippen molar-refractivity contribution >= 4 is 40.2 Å². The first-order valence-corrected chi connectivity index (χ1v) is 14.8. The summed E-state index contributed by atoms with van der Waals surface area (Å²) in [6, 6.07) is 4.19. The maximum Gasteiger partial charge on any atom is 0.326 e. The van der Waals surface area contributed by atoms with Crippen molar-refractivity contribution in [3.63, 3.8) is 0 Å². The number of rotatable bonds is 13. The molecule has 0 bridgehead atoms. The van der Waals surface area contributed by atoms with Crippen molar-refractivity contribution in [2.45, 2.75) is 84.5 Å². The Bertz CT molecular complexity index is 1290. The van der Waals surface area contributed by atoms with E-state index in [4.69, 9.17) is 25.8 Å². The predicted octanol–water partition coefficient (Wildman–Crippen LogP) is 6.31. The number of hydrogen-bond donors (Lipinski definition) is 1. The smallest absolute Gasteiger partial charge is 0.326 e. The third-order valence-corrected chi connectivity index (χ3v) is 7.88. The van der Waals surface area contributed by atoms with E-state index < -0.39 is 41.5 Å². The lowest BCUT2D eigenvalue weighted by atomic mass is 9.82. The number of carboxylic acid groups (broad SMARTS) is 1. The summed E-state index contributed by atoms with van der Waals surface area (Å²) in [5.74, 6) is -1.90. The van der Waals surface area contributed by atoms with E-state index in [-0.39, 0.29) is 37.1 Å². The molecule has 2 heterocycles. The molecule has 230 valence electrons. The molecule has 42 heavy (non-hydrogen) atoms. The van der Waals surface area contributed by atoms with Crippen LogP contribution in [0.4, 0.5) is 0 Å². The van der Waals surface area contributed by atoms with Crippen molar-refractivity contribution in [2.24, 2.45) is 17.8 Å². The van der Waals surface area contributed by atoms with E-state index in [1.807, 2.05) is 13.0 Å². The number of nitrogens with zero attached hydrogens (tertiary/aromatic N) is 2. The zero-order chi connectivity index (χ0) is 31.2. The summed E-state index contributed by atoms with van der Waals surface area (Å²) in [6.07, 6.45) is 5.12. The second kappa shape index (κ2) is 14.2. The van der Waals surface area contributed by atoms with Crippen molar-refractivity contribution in [3.8, 4) is 11.6 Å². The summed E-state index contributed by atoms with van der Waals surface area (Å²) in [7, 11) is 1.52. The number of benzene rings is 1. The van der Waals surface area contributed by atoms with Crippen LogP contribution >= 0.6 is 11.6 Å². The van der Waals surface area contributed by atoms with Crippen molar-refractivity contribution < 1.29 is 33.7 Å². The van der Waals surface area contributed by atoms with Gasteiger partial charge in [-0.2, -0.15) is 0 Å². The number of pyridine rings is 1. The molecule has 1 saturated heterocycles. The molecule has 1 aromatic heterocycles. The van der Waals surface area contributed by atoms with Gasteiger partial charge < -0.3 is 24.2 Å². The molecule has 10 heteroatoms. The first-order valence-electron chi connectivity index (χ1n) is 14.4. The number of esters is 1. The third-order valence-electron chi connectivity index (χ3n) is 7.57. The van der Waals surface area contributed by atoms with Gasteiger partial charge in [0.15, 0.2) is 0 Å². The predicted molar refractivity (Wildman–Crippen MR) is 162 cm³/mol. The maximum atomic E-state index is 14.1. The number of ether oxygens (including phenoxy) is 3. The molecule has 2 aromatic rings. The van der Waals surface area contributed by atoms with Crippen LogP contribution in [0.25, 0.3) is 10.8 Å². The summed E-state index contributed by atoms with van der Waals surface area (Å²) in [5, 5.41) is 11.8. The largest absolute Gasteiger partial charge is 0.494 e. The average Bonchev–Trinajstić information content (AvgIpc) is 3.34. The Morgan fingerprint density at radius 3 is 2.60 bits per heavy atom. The SMILES string of the molecule is C=CCCC(C)C[C@@H](C)C(CC(=O)OC(C)(C)C)C(=O)N1C[C@H](Oc2ncc(OC)c3c(Cl)cccc23)C[C@H]1C(=O)O. The minimum atomic E-state index is -1.13. The topological polar surface area (TPSA) is 115 Å². The lowest BCUT2D eigenvalue weighted by molar-refractivity contribution is -0.160. The maximum absolute atomic E-state index is 14.1. The lowest BCUT2D eigenvalue weighted by Gasteiger charge is -2.31. The molecule has 5 atom stereocenters. The summed E-state index contributed by atoms with van der Waals surface area (Å²) in [4.78, 5) is 45.1. The molecule has 9 nitrogen and oxygen atoms in total. The molecular weight excluding hydrogens is 560 g/mol. The van der Waals surface area contributed by atoms with Gasteiger partial charge in [-0.25, -0.2) is 9.78 Å². The molecule has 1 N–H and O–H groups in total. The van der Waals surface area contributed by atoms with E-state index in [2.05, 4.69) is 18.5 Å². The van der Waals surface area contributed by atoms with Crippen molar-refractivity contribution in [2.75, 3.05) is 13.7 Å². The number of carboxylic acids is 1. The van der Waals surface area contributed by atoms with E-state index in [0.717, 1.165) is 12.8 Å². The van der Waals surface area contributed by atoms with Crippen LogP contribution in [0.5, 0.6) is 11.6 Å². The number of fused-ring (bicyclic) bond motifs is 1. The second-order valence-electron chi connectivity index (χ2n) is 12.2. The van der Waals surface area contributed by atoms with Gasteiger partial charge in [-0.1, -0.05) is 37.6 Å². The van der Waals surface area contributed by atoms with Crippen LogP contribution < -0.4 is 9.47 Å². The van der Waals surface area contributed by atoms with Crippen molar-refractivity contribution in [1.82, 2.24) is 9.88 Å². The number of carbonyl (C=O) groups excluding carboxylic acids is 2. The second-order valence-corrected chi connectivity index (χ2v) is 12.6. The Morgan fingerprint density at radius 2 is 1.98 bits per heavy atom. The summed E-state index contributed by atoms with van der Waals surface area (Å²) in [5.41, 5.74) is -0.710. The number of aromatic nitrogens is 1. The Labute approximate surface area is 253 Å². The quantitative estimate of drug-likeness (QED) is 0.210. The molecule has 0 radical (unpaired) electrons. The average molecular weight is 603 g/mol. The molecule has 3 rings (SSSR count). The van der Waals surface area contributed by atoms with Crippen LogP contribution in [0.2, 0.25) is 5.02 Å². The lowest BCUT2D eigenvalue weighted by Crippen LogP contribution is -2.46. The third kappa shape index (κ3) is 8.37. The fraction of sp³-hybridized carbons (Fsp3) is 0.562. The van der Waals surface area contributed by atoms with E-state index >= 15 is 0 Å². The monoisotopic (exact) mass is 602 g/mol. The number of methoxy groups -OCH3 is 1. The number of hydrogen-bond acceptors (Lipinski definition) is 7. The molecule has 1 aromatic carbocycles. The zero-order valence-corrected chi connectivity index (χ0v) is 26.1. The number of carbonyl (C=O) groups is 3. The number of amides is 1. The van der Waals surface area contributed by atoms with Gasteiger partial charge in [0.25, 0.3) is 0 Å². The molecule has 1 amide bonds. The van der Waals surface area contributed by atoms with Gasteiger partial charge in [0.05, 0.1) is 37.2 Å². The summed E-state index contributed by atoms with van der Waals surface area (Å²) in [6.45, 7) is 13.2. The standard InChI is InChI=1S/C32H43ClN2O7/c1-8-9-11-19(2)14-20(3)23(16-27(36)42-32(4,5)6)30(37)35-18-21(15-25(35)31(38)39)41-29-22-12-10-13-24(33)28(22)26(40-7)17-34-29/h8,10,12-13,17,19-21,23,25H,1,9,11,14-16,18H2,2-7H3,(H,38,39)/t19?,20-,21-,23?,25+/m1/s1. The van der Waals surface area contributed by atoms with E-state index in [0.29, 0.717) is 28.0 Å². The minimum Gasteiger partial charge on any atom is -0.494 e. The van der Waals surface area contributed by atoms with Crippen LogP contribution in [-0.2, 0) is 19.1 Å². The Kier molecular flexibility index (Phi) is 11.2. The van der Waals surface area contributed by atoms with Gasteiger partial charge in [-0.15, -0.1) is 6.58 Å².